The standard InChI is InChI=1S/C29H36N6O4.C2HF3O2/c1-6-38-25-17-20(13-16-24(25)39-18(2)3)26(32-21-14-11-19(12-15-21)27(30)31)29(37)34-33-28(36)22-9-7-8-10-23(22)35(4)5;3-2(4,5)1(6)7/h7-18,26,32H,6H2,1-5H3,(H3,30,31)(H,33,36)(H,34,37);(H,6,7). The third-order valence-corrected chi connectivity index (χ3v) is 5.90. The van der Waals surface area contributed by atoms with Gasteiger partial charge >= 0.3 is 12.1 Å². The number of hydrogen-bond acceptors (Lipinski definition) is 8. The van der Waals surface area contributed by atoms with Gasteiger partial charge in [-0.15, -0.1) is 0 Å². The van der Waals surface area contributed by atoms with Crippen molar-refractivity contribution in [3.63, 3.8) is 0 Å². The van der Waals surface area contributed by atoms with Gasteiger partial charge in [0.1, 0.15) is 11.9 Å². The minimum Gasteiger partial charge on any atom is -0.490 e. The van der Waals surface area contributed by atoms with Crippen LogP contribution in [-0.2, 0) is 9.59 Å². The van der Waals surface area contributed by atoms with Gasteiger partial charge in [0.05, 0.1) is 18.3 Å². The highest BCUT2D eigenvalue weighted by Crippen LogP contribution is 2.33. The number of amides is 2. The molecule has 248 valence electrons. The number of anilines is 2. The minimum absolute atomic E-state index is 0.0568. The molecule has 46 heavy (non-hydrogen) atoms. The Labute approximate surface area is 264 Å². The van der Waals surface area contributed by atoms with Gasteiger partial charge in [-0.05, 0) is 74.9 Å². The number of ether oxygens (including phenoxy) is 2. The number of nitrogens with one attached hydrogen (secondary N) is 4. The molecule has 0 saturated heterocycles. The molecule has 0 radical (unpaired) electrons. The van der Waals surface area contributed by atoms with Crippen molar-refractivity contribution in [2.75, 3.05) is 30.9 Å². The second-order valence-electron chi connectivity index (χ2n) is 10.0. The van der Waals surface area contributed by atoms with Crippen molar-refractivity contribution in [1.29, 1.82) is 5.41 Å². The number of carboxylic acid groups (broad SMARTS) is 1. The lowest BCUT2D eigenvalue weighted by Gasteiger charge is -2.23. The van der Waals surface area contributed by atoms with E-state index in [0.29, 0.717) is 46.2 Å². The summed E-state index contributed by atoms with van der Waals surface area (Å²) < 4.78 is 43.4. The van der Waals surface area contributed by atoms with Crippen LogP contribution in [0.3, 0.4) is 0 Å². The molecule has 15 heteroatoms. The van der Waals surface area contributed by atoms with Gasteiger partial charge in [-0.25, -0.2) is 4.79 Å². The number of aliphatic carboxylic acids is 1. The molecule has 0 spiro atoms. The number of carbonyl (C=O) groups is 3. The molecule has 0 saturated carbocycles. The number of carboxylic acids is 1. The van der Waals surface area contributed by atoms with E-state index in [-0.39, 0.29) is 11.9 Å². The molecule has 0 fully saturated rings. The van der Waals surface area contributed by atoms with Crippen LogP contribution in [0.1, 0.15) is 48.3 Å². The van der Waals surface area contributed by atoms with Gasteiger partial charge in [0.2, 0.25) is 0 Å². The minimum atomic E-state index is -5.08. The van der Waals surface area contributed by atoms with Crippen LogP contribution in [-0.4, -0.2) is 61.7 Å². The molecule has 0 aliphatic heterocycles. The lowest BCUT2D eigenvalue weighted by Crippen LogP contribution is -2.45. The summed E-state index contributed by atoms with van der Waals surface area (Å²) >= 11 is 0. The van der Waals surface area contributed by atoms with E-state index < -0.39 is 30.0 Å². The first-order valence-electron chi connectivity index (χ1n) is 13.9. The normalized spacial score (nSPS) is 11.3. The Bertz CT molecular complexity index is 1510. The number of carbonyl (C=O) groups excluding carboxylic acids is 2. The monoisotopic (exact) mass is 646 g/mol. The first-order chi connectivity index (χ1) is 21.5. The van der Waals surface area contributed by atoms with E-state index in [9.17, 15) is 22.8 Å². The predicted octanol–water partition coefficient (Wildman–Crippen LogP) is 4.47. The number of para-hydroxylation sites is 1. The number of amidine groups is 1. The molecule has 0 aromatic heterocycles. The lowest BCUT2D eigenvalue weighted by atomic mass is 10.0. The largest absolute Gasteiger partial charge is 0.490 e. The second-order valence-corrected chi connectivity index (χ2v) is 10.0. The lowest BCUT2D eigenvalue weighted by molar-refractivity contribution is -0.192. The fraction of sp³-hybridized carbons (Fsp3) is 0.290. The molecule has 0 heterocycles. The van der Waals surface area contributed by atoms with Crippen LogP contribution in [0, 0.1) is 5.41 Å². The summed E-state index contributed by atoms with van der Waals surface area (Å²) in [4.78, 5) is 37.1. The number of alkyl halides is 3. The Kier molecular flexibility index (Phi) is 13.2. The highest BCUT2D eigenvalue weighted by atomic mass is 19.4. The van der Waals surface area contributed by atoms with Crippen molar-refractivity contribution in [3.05, 3.63) is 83.4 Å². The van der Waals surface area contributed by atoms with Gasteiger partial charge in [0.15, 0.2) is 11.5 Å². The molecule has 1 atom stereocenters. The van der Waals surface area contributed by atoms with Crippen molar-refractivity contribution in [2.24, 2.45) is 5.73 Å². The number of nitrogen functional groups attached to an aromatic ring is 1. The Balaban J connectivity index is 0.000000942. The average molecular weight is 647 g/mol. The molecule has 7 N–H and O–H groups in total. The average Bonchev–Trinajstić information content (AvgIpc) is 2.99. The molecule has 3 rings (SSSR count). The van der Waals surface area contributed by atoms with Crippen molar-refractivity contribution in [2.45, 2.75) is 39.1 Å². The third-order valence-electron chi connectivity index (χ3n) is 5.90. The first-order valence-corrected chi connectivity index (χ1v) is 13.9. The van der Waals surface area contributed by atoms with E-state index in [2.05, 4.69) is 16.2 Å². The zero-order valence-corrected chi connectivity index (χ0v) is 25.9. The zero-order valence-electron chi connectivity index (χ0n) is 25.9. The summed E-state index contributed by atoms with van der Waals surface area (Å²) in [7, 11) is 3.68. The van der Waals surface area contributed by atoms with E-state index in [1.807, 2.05) is 51.9 Å². The van der Waals surface area contributed by atoms with E-state index in [1.165, 1.54) is 0 Å². The van der Waals surface area contributed by atoms with Gasteiger partial charge in [-0.2, -0.15) is 13.2 Å². The zero-order chi connectivity index (χ0) is 34.6. The summed E-state index contributed by atoms with van der Waals surface area (Å²) in [5.74, 6) is -2.70. The molecule has 12 nitrogen and oxygen atoms in total. The number of halogens is 3. The fourth-order valence-electron chi connectivity index (χ4n) is 3.85. The van der Waals surface area contributed by atoms with Crippen molar-refractivity contribution in [3.8, 4) is 11.5 Å². The fourth-order valence-corrected chi connectivity index (χ4v) is 3.85. The predicted molar refractivity (Wildman–Crippen MR) is 167 cm³/mol. The Morgan fingerprint density at radius 1 is 0.978 bits per heavy atom. The molecule has 0 aliphatic rings. The number of hydrogen-bond donors (Lipinski definition) is 6. The molecule has 1 unspecified atom stereocenters. The molecule has 0 bridgehead atoms. The molecule has 2 amide bonds. The maximum atomic E-state index is 13.5. The van der Waals surface area contributed by atoms with Gasteiger partial charge in [-0.1, -0.05) is 18.2 Å². The molecular weight excluding hydrogens is 609 g/mol. The molecular formula is C31H37F3N6O6. The summed E-state index contributed by atoms with van der Waals surface area (Å²) in [6.45, 7) is 6.12. The number of nitrogens with two attached hydrogens (primary N) is 1. The number of hydrazine groups is 1. The van der Waals surface area contributed by atoms with Crippen molar-refractivity contribution in [1.82, 2.24) is 10.9 Å². The van der Waals surface area contributed by atoms with Crippen LogP contribution in [0.15, 0.2) is 66.7 Å². The SMILES string of the molecule is CCOc1cc(C(Nc2ccc(C(=N)N)cc2)C(=O)NNC(=O)c2ccccc2N(C)C)ccc1OC(C)C.O=C(O)C(F)(F)F. The summed E-state index contributed by atoms with van der Waals surface area (Å²) in [5.41, 5.74) is 13.5. The number of rotatable bonds is 11. The molecule has 3 aromatic rings. The molecule has 3 aromatic carbocycles. The van der Waals surface area contributed by atoms with Crippen LogP contribution in [0.25, 0.3) is 0 Å². The Hall–Kier alpha value is -5.47. The van der Waals surface area contributed by atoms with E-state index >= 15 is 0 Å². The highest BCUT2D eigenvalue weighted by molar-refractivity contribution is 6.01. The van der Waals surface area contributed by atoms with Crippen LogP contribution in [0.2, 0.25) is 0 Å². The maximum absolute atomic E-state index is 13.5. The quantitative estimate of drug-likeness (QED) is 0.0996. The van der Waals surface area contributed by atoms with Gasteiger partial charge in [-0.3, -0.25) is 25.8 Å². The Morgan fingerprint density at radius 3 is 2.11 bits per heavy atom. The number of nitrogens with zero attached hydrogens (tertiary/aromatic N) is 1. The number of benzene rings is 3. The summed E-state index contributed by atoms with van der Waals surface area (Å²) in [6.07, 6.45) is -5.15. The van der Waals surface area contributed by atoms with Crippen LogP contribution >= 0.6 is 0 Å². The topological polar surface area (TPSA) is 179 Å². The highest BCUT2D eigenvalue weighted by Gasteiger charge is 2.38. The van der Waals surface area contributed by atoms with Gasteiger partial charge in [0, 0.05) is 31.0 Å². The van der Waals surface area contributed by atoms with Crippen LogP contribution < -0.4 is 36.3 Å². The van der Waals surface area contributed by atoms with E-state index in [4.69, 9.17) is 30.5 Å². The first kappa shape index (κ1) is 36.7. The third kappa shape index (κ3) is 10.9. The summed E-state index contributed by atoms with van der Waals surface area (Å²) in [5, 5.41) is 17.9. The van der Waals surface area contributed by atoms with Crippen molar-refractivity contribution >= 4 is 35.0 Å². The van der Waals surface area contributed by atoms with Gasteiger partial charge in [0.25, 0.3) is 11.8 Å². The van der Waals surface area contributed by atoms with E-state index in [1.54, 1.807) is 54.6 Å². The summed E-state index contributed by atoms with van der Waals surface area (Å²) in [6, 6.07) is 18.3. The van der Waals surface area contributed by atoms with Crippen LogP contribution in [0.4, 0.5) is 24.5 Å². The van der Waals surface area contributed by atoms with Crippen LogP contribution in [0.5, 0.6) is 11.5 Å². The molecule has 0 aliphatic carbocycles. The van der Waals surface area contributed by atoms with Crippen molar-refractivity contribution < 1.29 is 42.1 Å². The van der Waals surface area contributed by atoms with E-state index in [0.717, 1.165) is 0 Å². The maximum Gasteiger partial charge on any atom is 0.490 e. The Morgan fingerprint density at radius 2 is 1.59 bits per heavy atom. The smallest absolute Gasteiger partial charge is 0.490 e. The van der Waals surface area contributed by atoms with Gasteiger partial charge < -0.3 is 30.5 Å². The second kappa shape index (κ2) is 16.6.